The van der Waals surface area contributed by atoms with Gasteiger partial charge < -0.3 is 19.7 Å². The second-order valence-corrected chi connectivity index (χ2v) is 14.4. The summed E-state index contributed by atoms with van der Waals surface area (Å²) in [6, 6.07) is 8.68. The van der Waals surface area contributed by atoms with Gasteiger partial charge in [0.15, 0.2) is 5.79 Å². The first-order valence-electron chi connectivity index (χ1n) is 14.8. The zero-order chi connectivity index (χ0) is 30.6. The van der Waals surface area contributed by atoms with E-state index in [2.05, 4.69) is 6.07 Å². The van der Waals surface area contributed by atoms with Crippen molar-refractivity contribution in [3.8, 4) is 6.07 Å². The molecule has 1 aromatic carbocycles. The average Bonchev–Trinajstić information content (AvgIpc) is 3.20. The molecule has 6 rings (SSSR count). The lowest BCUT2D eigenvalue weighted by Crippen LogP contribution is -2.65. The maximum atomic E-state index is 15.2. The van der Waals surface area contributed by atoms with Crippen LogP contribution in [0.2, 0.25) is 0 Å². The summed E-state index contributed by atoms with van der Waals surface area (Å²) in [6.45, 7) is 6.45. The zero-order valence-electron chi connectivity index (χ0n) is 24.2. The Kier molecular flexibility index (Phi) is 6.59. The van der Waals surface area contributed by atoms with E-state index in [-0.39, 0.29) is 30.6 Å². The van der Waals surface area contributed by atoms with Crippen LogP contribution >= 0.6 is 0 Å². The highest BCUT2D eigenvalue weighted by Gasteiger charge is 2.79. The zero-order valence-corrected chi connectivity index (χ0v) is 24.2. The standard InChI is InChI=1S/C32H38F5NO4/c1-26(2)17-41-29(42-18-26)12-9-24-25-21(8-11-28(24,39)16-29)23-10-13-30(40,31(33,34)32(35,36)37)27(23,3)14-22(25)20-6-4-19(15-38)5-7-20/h4-7,21-23,39-40H,8-14,16-18H2,1-3H3/t21?,22-,23?,27+,28?,30?/m1/s1. The molecule has 4 fully saturated rings. The summed E-state index contributed by atoms with van der Waals surface area (Å²) in [7, 11) is 0. The smallest absolute Gasteiger partial charge is 0.385 e. The van der Waals surface area contributed by atoms with Crippen molar-refractivity contribution in [2.24, 2.45) is 22.7 Å². The molecule has 0 bridgehead atoms. The average molecular weight is 596 g/mol. The van der Waals surface area contributed by atoms with Gasteiger partial charge in [-0.1, -0.05) is 38.5 Å². The largest absolute Gasteiger partial charge is 0.456 e. The Morgan fingerprint density at radius 3 is 2.17 bits per heavy atom. The molecule has 0 radical (unpaired) electrons. The Labute approximate surface area is 242 Å². The van der Waals surface area contributed by atoms with Crippen LogP contribution < -0.4 is 0 Å². The van der Waals surface area contributed by atoms with Crippen LogP contribution in [0, 0.1) is 34.0 Å². The van der Waals surface area contributed by atoms with E-state index in [0.717, 1.165) is 11.1 Å². The van der Waals surface area contributed by atoms with E-state index in [4.69, 9.17) is 9.47 Å². The second-order valence-electron chi connectivity index (χ2n) is 14.4. The number of alkyl halides is 5. The monoisotopic (exact) mass is 595 g/mol. The summed E-state index contributed by atoms with van der Waals surface area (Å²) >= 11 is 0. The Hall–Kier alpha value is -2.06. The minimum absolute atomic E-state index is 0.0316. The minimum atomic E-state index is -5.90. The van der Waals surface area contributed by atoms with Crippen molar-refractivity contribution in [3.63, 3.8) is 0 Å². The molecule has 6 atom stereocenters. The third-order valence-corrected chi connectivity index (χ3v) is 11.3. The summed E-state index contributed by atoms with van der Waals surface area (Å²) in [4.78, 5) is 0. The van der Waals surface area contributed by atoms with Crippen molar-refractivity contribution in [2.75, 3.05) is 13.2 Å². The lowest BCUT2D eigenvalue weighted by molar-refractivity contribution is -0.362. The van der Waals surface area contributed by atoms with Crippen molar-refractivity contribution in [2.45, 2.75) is 107 Å². The number of benzene rings is 1. The van der Waals surface area contributed by atoms with Gasteiger partial charge in [0.25, 0.3) is 0 Å². The van der Waals surface area contributed by atoms with E-state index < -0.39 is 52.8 Å². The SMILES string of the molecule is CC1(C)COC2(CCC3=C4C(CCC3(O)C2)C2CCC(O)(C(F)(F)C(F)(F)F)[C@@]2(C)C[C@@H]4c2ccc(C#N)cc2)OC1. The van der Waals surface area contributed by atoms with Gasteiger partial charge in [-0.25, -0.2) is 0 Å². The van der Waals surface area contributed by atoms with Crippen LogP contribution in [0.25, 0.3) is 0 Å². The van der Waals surface area contributed by atoms with Crippen molar-refractivity contribution < 1.29 is 41.6 Å². The Bertz CT molecular complexity index is 1320. The fraction of sp³-hybridized carbons (Fsp3) is 0.719. The lowest BCUT2D eigenvalue weighted by Gasteiger charge is -2.59. The molecular weight excluding hydrogens is 557 g/mol. The number of allylic oxidation sites excluding steroid dienone is 1. The van der Waals surface area contributed by atoms with Gasteiger partial charge in [0.1, 0.15) is 5.60 Å². The van der Waals surface area contributed by atoms with Crippen LogP contribution in [0.1, 0.15) is 89.2 Å². The number of nitrogens with zero attached hydrogens (tertiary/aromatic N) is 1. The lowest BCUT2D eigenvalue weighted by atomic mass is 9.49. The van der Waals surface area contributed by atoms with E-state index in [9.17, 15) is 28.6 Å². The van der Waals surface area contributed by atoms with Crippen LogP contribution in [0.5, 0.6) is 0 Å². The normalized spacial score (nSPS) is 39.3. The molecule has 0 amide bonds. The van der Waals surface area contributed by atoms with Gasteiger partial charge in [-0.2, -0.15) is 27.2 Å². The summed E-state index contributed by atoms with van der Waals surface area (Å²) in [5, 5.41) is 32.9. The van der Waals surface area contributed by atoms with Crippen molar-refractivity contribution >= 4 is 0 Å². The highest BCUT2D eigenvalue weighted by atomic mass is 19.4. The van der Waals surface area contributed by atoms with Gasteiger partial charge in [0.2, 0.25) is 0 Å². The van der Waals surface area contributed by atoms with E-state index in [1.54, 1.807) is 24.3 Å². The van der Waals surface area contributed by atoms with Crippen molar-refractivity contribution in [1.82, 2.24) is 0 Å². The number of rotatable bonds is 2. The van der Waals surface area contributed by atoms with Crippen LogP contribution in [-0.4, -0.2) is 52.5 Å². The number of ether oxygens (including phenoxy) is 2. The molecule has 0 aromatic heterocycles. The van der Waals surface area contributed by atoms with Crippen LogP contribution in [0.4, 0.5) is 22.0 Å². The molecule has 230 valence electrons. The maximum absolute atomic E-state index is 15.2. The summed E-state index contributed by atoms with van der Waals surface area (Å²) in [6.07, 6.45) is -4.82. The van der Waals surface area contributed by atoms with Gasteiger partial charge in [0.05, 0.1) is 30.4 Å². The van der Waals surface area contributed by atoms with Crippen LogP contribution in [0.15, 0.2) is 35.4 Å². The molecular formula is C32H38F5NO4. The highest BCUT2D eigenvalue weighted by Crippen LogP contribution is 2.71. The van der Waals surface area contributed by atoms with Gasteiger partial charge >= 0.3 is 12.1 Å². The molecule has 4 aliphatic carbocycles. The number of aliphatic hydroxyl groups is 2. The van der Waals surface area contributed by atoms with Crippen molar-refractivity contribution in [3.05, 3.63) is 46.5 Å². The number of hydrogen-bond acceptors (Lipinski definition) is 5. The maximum Gasteiger partial charge on any atom is 0.456 e. The number of halogens is 5. The van der Waals surface area contributed by atoms with Crippen LogP contribution in [0.3, 0.4) is 0 Å². The van der Waals surface area contributed by atoms with E-state index in [0.29, 0.717) is 50.0 Å². The third kappa shape index (κ3) is 4.13. The molecule has 10 heteroatoms. The molecule has 2 N–H and O–H groups in total. The molecule has 42 heavy (non-hydrogen) atoms. The van der Waals surface area contributed by atoms with Gasteiger partial charge in [-0.15, -0.1) is 0 Å². The molecule has 1 aromatic rings. The van der Waals surface area contributed by atoms with Crippen molar-refractivity contribution in [1.29, 1.82) is 5.26 Å². The summed E-state index contributed by atoms with van der Waals surface area (Å²) in [5.74, 6) is -7.83. The van der Waals surface area contributed by atoms with E-state index >= 15 is 8.78 Å². The Morgan fingerprint density at radius 1 is 0.929 bits per heavy atom. The Balaban J connectivity index is 1.46. The third-order valence-electron chi connectivity index (χ3n) is 11.3. The first kappa shape index (κ1) is 30.0. The number of nitriles is 1. The molecule has 1 aliphatic heterocycles. The number of fused-ring (bicyclic) bond motifs is 4. The Morgan fingerprint density at radius 2 is 1.57 bits per heavy atom. The molecule has 1 heterocycles. The van der Waals surface area contributed by atoms with E-state index in [1.807, 2.05) is 13.8 Å². The van der Waals surface area contributed by atoms with Crippen LogP contribution in [-0.2, 0) is 9.47 Å². The second kappa shape index (κ2) is 9.23. The first-order valence-corrected chi connectivity index (χ1v) is 14.8. The fourth-order valence-electron chi connectivity index (χ4n) is 9.10. The predicted molar refractivity (Wildman–Crippen MR) is 142 cm³/mol. The quantitative estimate of drug-likeness (QED) is 0.291. The molecule has 1 spiro atoms. The van der Waals surface area contributed by atoms with Gasteiger partial charge in [-0.3, -0.25) is 0 Å². The highest BCUT2D eigenvalue weighted by molar-refractivity contribution is 5.45. The fourth-order valence-corrected chi connectivity index (χ4v) is 9.10. The topological polar surface area (TPSA) is 82.7 Å². The minimum Gasteiger partial charge on any atom is -0.385 e. The molecule has 3 saturated carbocycles. The molecule has 5 nitrogen and oxygen atoms in total. The first-order chi connectivity index (χ1) is 19.4. The molecule has 1 saturated heterocycles. The van der Waals surface area contributed by atoms with Gasteiger partial charge in [-0.05, 0) is 73.6 Å². The molecule has 4 unspecified atom stereocenters. The predicted octanol–water partition coefficient (Wildman–Crippen LogP) is 6.78. The molecule has 5 aliphatic rings. The number of hydrogen-bond donors (Lipinski definition) is 2. The van der Waals surface area contributed by atoms with Gasteiger partial charge in [0, 0.05) is 29.6 Å². The summed E-state index contributed by atoms with van der Waals surface area (Å²) in [5.41, 5.74) is -3.69. The summed E-state index contributed by atoms with van der Waals surface area (Å²) < 4.78 is 84.2. The van der Waals surface area contributed by atoms with E-state index in [1.165, 1.54) is 6.92 Å².